The summed E-state index contributed by atoms with van der Waals surface area (Å²) in [6.45, 7) is 10.8. The van der Waals surface area contributed by atoms with E-state index in [-0.39, 0.29) is 24.5 Å². The Morgan fingerprint density at radius 2 is 1.82 bits per heavy atom. The normalized spacial score (nSPS) is 19.4. The number of hydrogen-bond acceptors (Lipinski definition) is 5. The van der Waals surface area contributed by atoms with Gasteiger partial charge in [0.1, 0.15) is 11.4 Å². The van der Waals surface area contributed by atoms with E-state index in [0.29, 0.717) is 38.1 Å². The summed E-state index contributed by atoms with van der Waals surface area (Å²) in [5.41, 5.74) is 2.02. The van der Waals surface area contributed by atoms with Crippen LogP contribution in [-0.2, 0) is 9.53 Å². The molecule has 1 aromatic carbocycles. The number of carbonyl (C=O) groups is 2. The third kappa shape index (κ3) is 9.64. The van der Waals surface area contributed by atoms with E-state index in [4.69, 9.17) is 14.6 Å². The standard InChI is InChI=1S/C31H48N2O5/c1-5-23(17-21-34)14-18-32-29(35)27-8-6-25(7-9-27)26-10-12-28(13-11-26)37-22-24-15-19-33(20-16-24)30(36)38-31(2,3)4/h6,10-13,23-24,27,34H,5,7-9,14-22H2,1-4H3,(H,32,35). The lowest BCUT2D eigenvalue weighted by molar-refractivity contribution is -0.125. The average molecular weight is 529 g/mol. The van der Waals surface area contributed by atoms with Crippen LogP contribution in [0.25, 0.3) is 5.57 Å². The van der Waals surface area contributed by atoms with Gasteiger partial charge in [-0.2, -0.15) is 0 Å². The van der Waals surface area contributed by atoms with E-state index in [0.717, 1.165) is 57.1 Å². The Labute approximate surface area is 229 Å². The quantitative estimate of drug-likeness (QED) is 0.378. The highest BCUT2D eigenvalue weighted by atomic mass is 16.6. The predicted octanol–water partition coefficient (Wildman–Crippen LogP) is 5.81. The molecule has 2 N–H and O–H groups in total. The van der Waals surface area contributed by atoms with Gasteiger partial charge < -0.3 is 24.8 Å². The minimum atomic E-state index is -0.465. The fourth-order valence-corrected chi connectivity index (χ4v) is 5.20. The average Bonchev–Trinajstić information content (AvgIpc) is 2.91. The summed E-state index contributed by atoms with van der Waals surface area (Å²) in [6, 6.07) is 8.28. The first kappa shape index (κ1) is 30.0. The smallest absolute Gasteiger partial charge is 0.410 e. The van der Waals surface area contributed by atoms with Gasteiger partial charge in [-0.05, 0) is 101 Å². The minimum Gasteiger partial charge on any atom is -0.493 e. The Kier molecular flexibility index (Phi) is 11.5. The van der Waals surface area contributed by atoms with E-state index in [1.54, 1.807) is 4.90 Å². The number of ether oxygens (including phenoxy) is 2. The van der Waals surface area contributed by atoms with Crippen LogP contribution in [0, 0.1) is 17.8 Å². The van der Waals surface area contributed by atoms with Crippen LogP contribution in [0.3, 0.4) is 0 Å². The summed E-state index contributed by atoms with van der Waals surface area (Å²) in [7, 11) is 0. The number of nitrogens with zero attached hydrogens (tertiary/aromatic N) is 1. The third-order valence-corrected chi connectivity index (χ3v) is 7.73. The summed E-state index contributed by atoms with van der Waals surface area (Å²) >= 11 is 0. The second-order valence-electron chi connectivity index (χ2n) is 11.8. The van der Waals surface area contributed by atoms with Crippen LogP contribution in [0.5, 0.6) is 5.75 Å². The van der Waals surface area contributed by atoms with Crippen molar-refractivity contribution in [3.63, 3.8) is 0 Å². The number of amides is 2. The van der Waals surface area contributed by atoms with Crippen LogP contribution in [0.2, 0.25) is 0 Å². The molecule has 1 saturated heterocycles. The van der Waals surface area contributed by atoms with Crippen LogP contribution >= 0.6 is 0 Å². The van der Waals surface area contributed by atoms with Gasteiger partial charge in [-0.1, -0.05) is 31.6 Å². The van der Waals surface area contributed by atoms with Crippen LogP contribution in [-0.4, -0.2) is 60.5 Å². The maximum Gasteiger partial charge on any atom is 0.410 e. The number of likely N-dealkylation sites (tertiary alicyclic amines) is 1. The summed E-state index contributed by atoms with van der Waals surface area (Å²) in [4.78, 5) is 26.6. The molecule has 2 unspecified atom stereocenters. The molecular weight excluding hydrogens is 480 g/mol. The molecule has 1 heterocycles. The van der Waals surface area contributed by atoms with Gasteiger partial charge in [0.25, 0.3) is 0 Å². The molecular formula is C31H48N2O5. The van der Waals surface area contributed by atoms with Gasteiger partial charge in [0.2, 0.25) is 5.91 Å². The number of allylic oxidation sites excluding steroid dienone is 2. The van der Waals surface area contributed by atoms with Crippen LogP contribution in [0.1, 0.15) is 84.6 Å². The van der Waals surface area contributed by atoms with Crippen molar-refractivity contribution in [2.24, 2.45) is 17.8 Å². The summed E-state index contributed by atoms with van der Waals surface area (Å²) < 4.78 is 11.5. The monoisotopic (exact) mass is 528 g/mol. The van der Waals surface area contributed by atoms with E-state index in [1.165, 1.54) is 11.1 Å². The van der Waals surface area contributed by atoms with Crippen LogP contribution < -0.4 is 10.1 Å². The minimum absolute atomic E-state index is 0.0426. The second kappa shape index (κ2) is 14.6. The molecule has 1 fully saturated rings. The van der Waals surface area contributed by atoms with E-state index < -0.39 is 5.60 Å². The number of aliphatic hydroxyl groups excluding tert-OH is 1. The van der Waals surface area contributed by atoms with Gasteiger partial charge >= 0.3 is 6.09 Å². The van der Waals surface area contributed by atoms with Gasteiger partial charge in [0.15, 0.2) is 0 Å². The first-order chi connectivity index (χ1) is 18.2. The van der Waals surface area contributed by atoms with Crippen LogP contribution in [0.4, 0.5) is 4.79 Å². The Bertz CT molecular complexity index is 913. The highest BCUT2D eigenvalue weighted by Crippen LogP contribution is 2.31. The molecule has 212 valence electrons. The Hall–Kier alpha value is -2.54. The molecule has 7 nitrogen and oxygen atoms in total. The molecule has 0 spiro atoms. The van der Waals surface area contributed by atoms with Crippen molar-refractivity contribution in [3.8, 4) is 5.75 Å². The number of rotatable bonds is 11. The molecule has 3 rings (SSSR count). The molecule has 0 saturated carbocycles. The molecule has 1 aliphatic carbocycles. The highest BCUT2D eigenvalue weighted by Gasteiger charge is 2.27. The molecule has 0 aromatic heterocycles. The van der Waals surface area contributed by atoms with Gasteiger partial charge in [-0.25, -0.2) is 4.79 Å². The van der Waals surface area contributed by atoms with Gasteiger partial charge in [0.05, 0.1) is 6.61 Å². The fraction of sp³-hybridized carbons (Fsp3) is 0.677. The highest BCUT2D eigenvalue weighted by molar-refractivity contribution is 5.80. The van der Waals surface area contributed by atoms with Crippen molar-refractivity contribution in [2.45, 2.75) is 84.7 Å². The predicted molar refractivity (Wildman–Crippen MR) is 151 cm³/mol. The largest absolute Gasteiger partial charge is 0.493 e. The van der Waals surface area contributed by atoms with Crippen molar-refractivity contribution < 1.29 is 24.2 Å². The topological polar surface area (TPSA) is 88.1 Å². The molecule has 2 aliphatic rings. The second-order valence-corrected chi connectivity index (χ2v) is 11.8. The lowest BCUT2D eigenvalue weighted by Crippen LogP contribution is -2.42. The molecule has 2 amide bonds. The molecule has 2 atom stereocenters. The molecule has 0 radical (unpaired) electrons. The van der Waals surface area contributed by atoms with Crippen molar-refractivity contribution in [1.82, 2.24) is 10.2 Å². The lowest BCUT2D eigenvalue weighted by atomic mass is 9.86. The number of piperidine rings is 1. The molecule has 7 heteroatoms. The third-order valence-electron chi connectivity index (χ3n) is 7.73. The zero-order valence-electron chi connectivity index (χ0n) is 23.8. The molecule has 1 aliphatic heterocycles. The number of nitrogens with one attached hydrogen (secondary N) is 1. The SMILES string of the molecule is CCC(CCO)CCNC(=O)C1CC=C(c2ccc(OCC3CCN(C(=O)OC(C)(C)C)CC3)cc2)CC1. The van der Waals surface area contributed by atoms with Crippen LogP contribution in [0.15, 0.2) is 30.3 Å². The number of hydrogen-bond donors (Lipinski definition) is 2. The maximum atomic E-state index is 12.6. The number of benzene rings is 1. The maximum absolute atomic E-state index is 12.6. The van der Waals surface area contributed by atoms with E-state index >= 15 is 0 Å². The van der Waals surface area contributed by atoms with Gasteiger partial charge in [0, 0.05) is 32.2 Å². The Balaban J connectivity index is 1.38. The summed E-state index contributed by atoms with van der Waals surface area (Å²) in [6.07, 6.45) is 9.13. The Morgan fingerprint density at radius 1 is 1.11 bits per heavy atom. The summed E-state index contributed by atoms with van der Waals surface area (Å²) in [5.74, 6) is 1.96. The molecule has 1 aromatic rings. The van der Waals surface area contributed by atoms with Gasteiger partial charge in [-0.15, -0.1) is 0 Å². The molecule has 38 heavy (non-hydrogen) atoms. The van der Waals surface area contributed by atoms with Crippen molar-refractivity contribution >= 4 is 17.6 Å². The van der Waals surface area contributed by atoms with E-state index in [9.17, 15) is 9.59 Å². The first-order valence-electron chi connectivity index (χ1n) is 14.5. The molecule has 0 bridgehead atoms. The number of aliphatic hydroxyl groups is 1. The van der Waals surface area contributed by atoms with E-state index in [1.807, 2.05) is 32.9 Å². The van der Waals surface area contributed by atoms with E-state index in [2.05, 4.69) is 30.4 Å². The zero-order valence-corrected chi connectivity index (χ0v) is 23.8. The lowest BCUT2D eigenvalue weighted by Gasteiger charge is -2.33. The van der Waals surface area contributed by atoms with Crippen molar-refractivity contribution in [3.05, 3.63) is 35.9 Å². The van der Waals surface area contributed by atoms with Crippen molar-refractivity contribution in [2.75, 3.05) is 32.8 Å². The summed E-state index contributed by atoms with van der Waals surface area (Å²) in [5, 5.41) is 12.2. The Morgan fingerprint density at radius 3 is 2.39 bits per heavy atom. The fourth-order valence-electron chi connectivity index (χ4n) is 5.20. The van der Waals surface area contributed by atoms with Crippen molar-refractivity contribution in [1.29, 1.82) is 0 Å². The number of carbonyl (C=O) groups excluding carboxylic acids is 2. The first-order valence-corrected chi connectivity index (χ1v) is 14.5. The van der Waals surface area contributed by atoms with Gasteiger partial charge in [-0.3, -0.25) is 4.79 Å². The zero-order chi connectivity index (χ0) is 27.5.